The number of aryl methyl sites for hydroxylation is 1. The molecule has 0 radical (unpaired) electrons. The van der Waals surface area contributed by atoms with Gasteiger partial charge in [-0.25, -0.2) is 14.6 Å². The molecule has 0 aliphatic carbocycles. The van der Waals surface area contributed by atoms with Crippen molar-refractivity contribution < 1.29 is 24.4 Å². The Bertz CT molecular complexity index is 918. The quantitative estimate of drug-likeness (QED) is 0.550. The molecular weight excluding hydrogens is 272 g/mol. The largest absolute Gasteiger partial charge is 0.478 e. The summed E-state index contributed by atoms with van der Waals surface area (Å²) in [5, 5.41) is 19.5. The molecule has 21 heavy (non-hydrogen) atoms. The van der Waals surface area contributed by atoms with Crippen molar-refractivity contribution in [1.29, 1.82) is 0 Å². The number of benzene rings is 1. The van der Waals surface area contributed by atoms with Gasteiger partial charge in [0.2, 0.25) is 5.52 Å². The fourth-order valence-corrected chi connectivity index (χ4v) is 2.50. The van der Waals surface area contributed by atoms with Crippen LogP contribution in [0.3, 0.4) is 0 Å². The molecule has 2 heterocycles. The smallest absolute Gasteiger partial charge is 0.336 e. The normalized spacial score (nSPS) is 10.9. The number of rotatable bonds is 2. The van der Waals surface area contributed by atoms with E-state index in [0.29, 0.717) is 21.8 Å². The van der Waals surface area contributed by atoms with Crippen LogP contribution in [0.2, 0.25) is 0 Å². The number of fused-ring (bicyclic) bond motifs is 3. The Kier molecular flexibility index (Phi) is 2.79. The number of hydrogen-bond acceptors (Lipinski definition) is 3. The third kappa shape index (κ3) is 1.88. The maximum Gasteiger partial charge on any atom is 0.336 e. The van der Waals surface area contributed by atoms with Crippen LogP contribution in [0.25, 0.3) is 21.8 Å². The summed E-state index contributed by atoms with van der Waals surface area (Å²) < 4.78 is 1.74. The molecule has 2 aromatic heterocycles. The van der Waals surface area contributed by atoms with Gasteiger partial charge in [0.25, 0.3) is 0 Å². The molecule has 0 aliphatic heterocycles. The van der Waals surface area contributed by atoms with E-state index in [1.165, 1.54) is 18.3 Å². The predicted molar refractivity (Wildman–Crippen MR) is 74.3 cm³/mol. The first-order valence-corrected chi connectivity index (χ1v) is 6.17. The highest BCUT2D eigenvalue weighted by molar-refractivity contribution is 6.13. The van der Waals surface area contributed by atoms with Crippen molar-refractivity contribution in [3.05, 3.63) is 47.8 Å². The zero-order valence-corrected chi connectivity index (χ0v) is 11.1. The fourth-order valence-electron chi connectivity index (χ4n) is 2.50. The van der Waals surface area contributed by atoms with Crippen LogP contribution in [0.15, 0.2) is 36.7 Å². The number of nitrogens with zero attached hydrogens (tertiary/aromatic N) is 2. The van der Waals surface area contributed by atoms with Gasteiger partial charge in [-0.2, -0.15) is 4.57 Å². The minimum atomic E-state index is -1.04. The Morgan fingerprint density at radius 2 is 1.62 bits per heavy atom. The lowest BCUT2D eigenvalue weighted by atomic mass is 10.0. The molecule has 0 amide bonds. The number of hydrogen-bond donors (Lipinski definition) is 2. The Morgan fingerprint density at radius 1 is 1.00 bits per heavy atom. The van der Waals surface area contributed by atoms with Crippen LogP contribution >= 0.6 is 0 Å². The first kappa shape index (κ1) is 13.0. The molecule has 0 atom stereocenters. The van der Waals surface area contributed by atoms with Crippen molar-refractivity contribution in [3.63, 3.8) is 0 Å². The predicted octanol–water partition coefficient (Wildman–Crippen LogP) is 1.61. The molecular formula is C15H11N2O4+. The van der Waals surface area contributed by atoms with Crippen LogP contribution in [0, 0.1) is 0 Å². The van der Waals surface area contributed by atoms with Gasteiger partial charge >= 0.3 is 11.9 Å². The third-order valence-corrected chi connectivity index (χ3v) is 3.45. The monoisotopic (exact) mass is 283 g/mol. The maximum atomic E-state index is 11.3. The van der Waals surface area contributed by atoms with Gasteiger partial charge in [0.15, 0.2) is 6.20 Å². The Hall–Kier alpha value is -3.02. The van der Waals surface area contributed by atoms with E-state index in [4.69, 9.17) is 0 Å². The van der Waals surface area contributed by atoms with Crippen molar-refractivity contribution in [1.82, 2.24) is 4.98 Å². The summed E-state index contributed by atoms with van der Waals surface area (Å²) in [6, 6.07) is 6.16. The van der Waals surface area contributed by atoms with Crippen LogP contribution < -0.4 is 4.57 Å². The minimum absolute atomic E-state index is 0.141. The molecule has 6 nitrogen and oxygen atoms in total. The van der Waals surface area contributed by atoms with E-state index < -0.39 is 11.9 Å². The lowest BCUT2D eigenvalue weighted by Gasteiger charge is -2.06. The average Bonchev–Trinajstić information content (AvgIpc) is 2.45. The molecule has 0 spiro atoms. The molecule has 1 aromatic carbocycles. The van der Waals surface area contributed by atoms with E-state index in [9.17, 15) is 19.8 Å². The molecule has 104 valence electrons. The van der Waals surface area contributed by atoms with Gasteiger partial charge in [-0.15, -0.1) is 0 Å². The summed E-state index contributed by atoms with van der Waals surface area (Å²) >= 11 is 0. The molecule has 3 aromatic rings. The first-order valence-electron chi connectivity index (χ1n) is 6.17. The zero-order valence-electron chi connectivity index (χ0n) is 11.1. The van der Waals surface area contributed by atoms with E-state index in [0.717, 1.165) is 0 Å². The number of carboxylic acids is 2. The lowest BCUT2D eigenvalue weighted by Crippen LogP contribution is -2.29. The van der Waals surface area contributed by atoms with Gasteiger partial charge in [-0.1, -0.05) is 6.07 Å². The highest BCUT2D eigenvalue weighted by Crippen LogP contribution is 2.25. The SMILES string of the molecule is C[n+]1ccc(C(=O)O)c2ccc3c(C(=O)O)ccnc3c21. The summed E-state index contributed by atoms with van der Waals surface area (Å²) in [7, 11) is 1.77. The maximum absolute atomic E-state index is 11.3. The van der Waals surface area contributed by atoms with Crippen LogP contribution in [0.1, 0.15) is 20.7 Å². The number of pyridine rings is 2. The van der Waals surface area contributed by atoms with Crippen LogP contribution in [0.4, 0.5) is 0 Å². The topological polar surface area (TPSA) is 91.4 Å². The van der Waals surface area contributed by atoms with Gasteiger partial charge < -0.3 is 10.2 Å². The van der Waals surface area contributed by atoms with E-state index in [2.05, 4.69) is 4.98 Å². The molecule has 0 bridgehead atoms. The summed E-state index contributed by atoms with van der Waals surface area (Å²) in [4.78, 5) is 26.8. The highest BCUT2D eigenvalue weighted by atomic mass is 16.4. The van der Waals surface area contributed by atoms with Crippen LogP contribution in [-0.4, -0.2) is 27.1 Å². The number of aromatic nitrogens is 2. The fraction of sp³-hybridized carbons (Fsp3) is 0.0667. The Morgan fingerprint density at radius 3 is 2.29 bits per heavy atom. The number of aromatic carboxylic acids is 2. The summed E-state index contributed by atoms with van der Waals surface area (Å²) in [5.74, 6) is -2.08. The van der Waals surface area contributed by atoms with Gasteiger partial charge in [-0.3, -0.25) is 0 Å². The van der Waals surface area contributed by atoms with Crippen molar-refractivity contribution in [2.75, 3.05) is 0 Å². The third-order valence-electron chi connectivity index (χ3n) is 3.45. The molecule has 0 aliphatic rings. The van der Waals surface area contributed by atoms with Crippen molar-refractivity contribution in [2.24, 2.45) is 7.05 Å². The second kappa shape index (κ2) is 4.52. The van der Waals surface area contributed by atoms with Crippen LogP contribution in [-0.2, 0) is 7.05 Å². The van der Waals surface area contributed by atoms with Gasteiger partial charge in [0.05, 0.1) is 16.5 Å². The number of carbonyl (C=O) groups is 2. The zero-order chi connectivity index (χ0) is 15.1. The first-order chi connectivity index (χ1) is 10.0. The number of carboxylic acid groups (broad SMARTS) is 2. The van der Waals surface area contributed by atoms with Gasteiger partial charge in [0, 0.05) is 17.6 Å². The second-order valence-electron chi connectivity index (χ2n) is 4.67. The highest BCUT2D eigenvalue weighted by Gasteiger charge is 2.20. The van der Waals surface area contributed by atoms with E-state index >= 15 is 0 Å². The molecule has 6 heteroatoms. The van der Waals surface area contributed by atoms with E-state index in [1.54, 1.807) is 29.9 Å². The Labute approximate surface area is 118 Å². The van der Waals surface area contributed by atoms with Crippen molar-refractivity contribution in [3.8, 4) is 0 Å². The van der Waals surface area contributed by atoms with E-state index in [-0.39, 0.29) is 11.1 Å². The lowest BCUT2D eigenvalue weighted by molar-refractivity contribution is -0.644. The van der Waals surface area contributed by atoms with Gasteiger partial charge in [-0.05, 0) is 12.1 Å². The standard InChI is InChI=1S/C15H10N2O4/c1-17-7-5-11(15(20)21)9-3-2-8-10(14(18)19)4-6-16-12(8)13(9)17/h2-7H,1H3,(H-,18,19,20,21)/p+1. The summed E-state index contributed by atoms with van der Waals surface area (Å²) in [6.45, 7) is 0. The molecule has 0 saturated carbocycles. The van der Waals surface area contributed by atoms with Crippen molar-refractivity contribution in [2.45, 2.75) is 0 Å². The summed E-state index contributed by atoms with van der Waals surface area (Å²) in [5.41, 5.74) is 1.36. The summed E-state index contributed by atoms with van der Waals surface area (Å²) in [6.07, 6.45) is 3.04. The average molecular weight is 283 g/mol. The molecule has 3 rings (SSSR count). The molecule has 0 unspecified atom stereocenters. The van der Waals surface area contributed by atoms with Crippen LogP contribution in [0.5, 0.6) is 0 Å². The minimum Gasteiger partial charge on any atom is -0.478 e. The van der Waals surface area contributed by atoms with Gasteiger partial charge in [0.1, 0.15) is 12.6 Å². The Balaban J connectivity index is 2.55. The van der Waals surface area contributed by atoms with E-state index in [1.807, 2.05) is 0 Å². The molecule has 0 fully saturated rings. The molecule has 2 N–H and O–H groups in total. The van der Waals surface area contributed by atoms with Crippen molar-refractivity contribution >= 4 is 33.7 Å². The molecule has 0 saturated heterocycles. The second-order valence-corrected chi connectivity index (χ2v) is 4.67.